The Kier molecular flexibility index (Phi) is 7.54. The van der Waals surface area contributed by atoms with Gasteiger partial charge in [0.15, 0.2) is 0 Å². The Balaban J connectivity index is 2.21. The first kappa shape index (κ1) is 16.9. The molecule has 1 aliphatic rings. The molecule has 0 bridgehead atoms. The average Bonchev–Trinajstić information content (AvgIpc) is 2.41. The molecule has 1 unspecified atom stereocenters. The van der Waals surface area contributed by atoms with E-state index in [-0.39, 0.29) is 23.9 Å². The van der Waals surface area contributed by atoms with Crippen LogP contribution in [-0.4, -0.2) is 55.5 Å². The number of likely N-dealkylation sites (N-methyl/N-ethyl adjacent to an activating group) is 1. The van der Waals surface area contributed by atoms with Crippen LogP contribution in [0.4, 0.5) is 0 Å². The summed E-state index contributed by atoms with van der Waals surface area (Å²) in [4.78, 5) is 25.2. The lowest BCUT2D eigenvalue weighted by atomic mass is 10.0. The predicted octanol–water partition coefficient (Wildman–Crippen LogP) is -0.169. The van der Waals surface area contributed by atoms with Gasteiger partial charge in [-0.15, -0.1) is 0 Å². The molecular weight excluding hydrogens is 256 g/mol. The maximum Gasteiger partial charge on any atom is 0.233 e. The van der Waals surface area contributed by atoms with Gasteiger partial charge in [0.25, 0.3) is 0 Å². The largest absolute Gasteiger partial charge is 0.358 e. The van der Waals surface area contributed by atoms with E-state index in [0.717, 1.165) is 38.8 Å². The lowest BCUT2D eigenvalue weighted by Crippen LogP contribution is -2.47. The van der Waals surface area contributed by atoms with Gasteiger partial charge in [0.2, 0.25) is 11.8 Å². The van der Waals surface area contributed by atoms with E-state index >= 15 is 0 Å². The molecule has 1 saturated heterocycles. The summed E-state index contributed by atoms with van der Waals surface area (Å²) in [6.07, 6.45) is 4.09. The molecular formula is C14H28N4O2. The van der Waals surface area contributed by atoms with Gasteiger partial charge in [0, 0.05) is 38.6 Å². The Morgan fingerprint density at radius 2 is 1.95 bits per heavy atom. The van der Waals surface area contributed by atoms with Gasteiger partial charge in [-0.05, 0) is 19.3 Å². The van der Waals surface area contributed by atoms with Crippen molar-refractivity contribution in [2.75, 3.05) is 26.7 Å². The van der Waals surface area contributed by atoms with Crippen LogP contribution in [-0.2, 0) is 9.59 Å². The van der Waals surface area contributed by atoms with Crippen LogP contribution in [0.5, 0.6) is 0 Å². The van der Waals surface area contributed by atoms with Crippen molar-refractivity contribution in [3.63, 3.8) is 0 Å². The van der Waals surface area contributed by atoms with E-state index in [9.17, 15) is 9.59 Å². The molecule has 0 aromatic heterocycles. The summed E-state index contributed by atoms with van der Waals surface area (Å²) < 4.78 is 0. The van der Waals surface area contributed by atoms with Gasteiger partial charge < -0.3 is 16.4 Å². The van der Waals surface area contributed by atoms with Crippen LogP contribution in [0.25, 0.3) is 0 Å². The Bertz CT molecular complexity index is 314. The standard InChI is InChI=1S/C14H28N4O2/c1-3-4-11(15)9-13(19)17-12-5-7-18(8-6-12)10-14(20)16-2/h11-12H,3-10,15H2,1-2H3,(H,16,20)(H,17,19). The van der Waals surface area contributed by atoms with E-state index in [1.54, 1.807) is 7.05 Å². The zero-order chi connectivity index (χ0) is 15.0. The molecule has 1 heterocycles. The fraction of sp³-hybridized carbons (Fsp3) is 0.857. The quantitative estimate of drug-likeness (QED) is 0.606. The van der Waals surface area contributed by atoms with Gasteiger partial charge >= 0.3 is 0 Å². The maximum absolute atomic E-state index is 11.8. The van der Waals surface area contributed by atoms with Crippen molar-refractivity contribution in [1.82, 2.24) is 15.5 Å². The van der Waals surface area contributed by atoms with Crippen LogP contribution in [0.15, 0.2) is 0 Å². The third-order valence-electron chi connectivity index (χ3n) is 3.71. The second-order valence-electron chi connectivity index (χ2n) is 5.54. The average molecular weight is 284 g/mol. The molecule has 0 aromatic rings. The minimum atomic E-state index is -0.0339. The van der Waals surface area contributed by atoms with Gasteiger partial charge in [0.1, 0.15) is 0 Å². The molecule has 0 saturated carbocycles. The molecule has 6 heteroatoms. The Hall–Kier alpha value is -1.14. The summed E-state index contributed by atoms with van der Waals surface area (Å²) in [6.45, 7) is 4.21. The van der Waals surface area contributed by atoms with Crippen LogP contribution in [0.2, 0.25) is 0 Å². The molecule has 6 nitrogen and oxygen atoms in total. The number of hydrogen-bond acceptors (Lipinski definition) is 4. The Labute approximate surface area is 121 Å². The molecule has 4 N–H and O–H groups in total. The number of carbonyl (C=O) groups excluding carboxylic acids is 2. The second kappa shape index (κ2) is 8.92. The van der Waals surface area contributed by atoms with Crippen LogP contribution < -0.4 is 16.4 Å². The van der Waals surface area contributed by atoms with Gasteiger partial charge in [-0.25, -0.2) is 0 Å². The first-order chi connectivity index (χ1) is 9.55. The van der Waals surface area contributed by atoms with Crippen LogP contribution >= 0.6 is 0 Å². The van der Waals surface area contributed by atoms with Crippen molar-refractivity contribution < 1.29 is 9.59 Å². The van der Waals surface area contributed by atoms with E-state index < -0.39 is 0 Å². The zero-order valence-electron chi connectivity index (χ0n) is 12.7. The summed E-state index contributed by atoms with van der Waals surface area (Å²) in [6, 6.07) is 0.186. The third kappa shape index (κ3) is 6.34. The summed E-state index contributed by atoms with van der Waals surface area (Å²) in [5.41, 5.74) is 5.87. The van der Waals surface area contributed by atoms with Gasteiger partial charge in [-0.1, -0.05) is 13.3 Å². The smallest absolute Gasteiger partial charge is 0.233 e. The van der Waals surface area contributed by atoms with E-state index in [4.69, 9.17) is 5.73 Å². The molecule has 0 spiro atoms. The third-order valence-corrected chi connectivity index (χ3v) is 3.71. The fourth-order valence-electron chi connectivity index (χ4n) is 2.52. The predicted molar refractivity (Wildman–Crippen MR) is 79.2 cm³/mol. The SMILES string of the molecule is CCCC(N)CC(=O)NC1CCN(CC(=O)NC)CC1. The second-order valence-corrected chi connectivity index (χ2v) is 5.54. The van der Waals surface area contributed by atoms with E-state index in [0.29, 0.717) is 13.0 Å². The Morgan fingerprint density at radius 3 is 2.50 bits per heavy atom. The highest BCUT2D eigenvalue weighted by molar-refractivity contribution is 5.78. The molecule has 1 rings (SSSR count). The van der Waals surface area contributed by atoms with E-state index in [1.165, 1.54) is 0 Å². The molecule has 2 amide bonds. The molecule has 0 radical (unpaired) electrons. The van der Waals surface area contributed by atoms with Crippen molar-refractivity contribution >= 4 is 11.8 Å². The first-order valence-electron chi connectivity index (χ1n) is 7.53. The van der Waals surface area contributed by atoms with Crippen molar-refractivity contribution in [3.05, 3.63) is 0 Å². The number of carbonyl (C=O) groups is 2. The Morgan fingerprint density at radius 1 is 1.30 bits per heavy atom. The highest BCUT2D eigenvalue weighted by Crippen LogP contribution is 2.10. The fourth-order valence-corrected chi connectivity index (χ4v) is 2.52. The normalized spacial score (nSPS) is 18.6. The lowest BCUT2D eigenvalue weighted by molar-refractivity contribution is -0.124. The van der Waals surface area contributed by atoms with Gasteiger partial charge in [-0.3, -0.25) is 14.5 Å². The lowest BCUT2D eigenvalue weighted by Gasteiger charge is -2.31. The minimum absolute atomic E-state index is 0.0339. The highest BCUT2D eigenvalue weighted by Gasteiger charge is 2.22. The molecule has 1 fully saturated rings. The van der Waals surface area contributed by atoms with E-state index in [1.807, 2.05) is 0 Å². The number of piperidine rings is 1. The summed E-state index contributed by atoms with van der Waals surface area (Å²) in [7, 11) is 1.65. The van der Waals surface area contributed by atoms with Crippen molar-refractivity contribution in [1.29, 1.82) is 0 Å². The number of nitrogens with one attached hydrogen (secondary N) is 2. The highest BCUT2D eigenvalue weighted by atomic mass is 16.2. The summed E-state index contributed by atoms with van der Waals surface area (Å²) in [5, 5.41) is 5.67. The minimum Gasteiger partial charge on any atom is -0.358 e. The number of nitrogens with two attached hydrogens (primary N) is 1. The molecule has 1 atom stereocenters. The molecule has 116 valence electrons. The first-order valence-corrected chi connectivity index (χ1v) is 7.53. The number of likely N-dealkylation sites (tertiary alicyclic amines) is 1. The van der Waals surface area contributed by atoms with Crippen LogP contribution in [0, 0.1) is 0 Å². The number of amides is 2. The molecule has 20 heavy (non-hydrogen) atoms. The summed E-state index contributed by atoms with van der Waals surface area (Å²) in [5.74, 6) is 0.0914. The van der Waals surface area contributed by atoms with E-state index in [2.05, 4.69) is 22.5 Å². The number of nitrogens with zero attached hydrogens (tertiary/aromatic N) is 1. The van der Waals surface area contributed by atoms with Crippen molar-refractivity contribution in [3.8, 4) is 0 Å². The number of rotatable bonds is 7. The van der Waals surface area contributed by atoms with Crippen molar-refractivity contribution in [2.24, 2.45) is 5.73 Å². The zero-order valence-corrected chi connectivity index (χ0v) is 12.7. The van der Waals surface area contributed by atoms with Crippen molar-refractivity contribution in [2.45, 2.75) is 51.1 Å². The maximum atomic E-state index is 11.8. The monoisotopic (exact) mass is 284 g/mol. The molecule has 0 aliphatic carbocycles. The topological polar surface area (TPSA) is 87.5 Å². The van der Waals surface area contributed by atoms with Crippen LogP contribution in [0.1, 0.15) is 39.0 Å². The number of hydrogen-bond donors (Lipinski definition) is 3. The van der Waals surface area contributed by atoms with Gasteiger partial charge in [0.05, 0.1) is 6.54 Å². The molecule has 0 aromatic carbocycles. The summed E-state index contributed by atoms with van der Waals surface area (Å²) >= 11 is 0. The van der Waals surface area contributed by atoms with Gasteiger partial charge in [-0.2, -0.15) is 0 Å². The van der Waals surface area contributed by atoms with Crippen LogP contribution in [0.3, 0.4) is 0 Å². The molecule has 1 aliphatic heterocycles.